The molecule has 0 saturated carbocycles. The molecule has 0 N–H and O–H groups in total. The second-order valence-electron chi connectivity index (χ2n) is 5.04. The molecule has 0 amide bonds. The molecule has 0 spiro atoms. The first kappa shape index (κ1) is 13.4. The first-order chi connectivity index (χ1) is 8.52. The van der Waals surface area contributed by atoms with Crippen LogP contribution in [0.4, 0.5) is 0 Å². The minimum Gasteiger partial charge on any atom is -0.368 e. The lowest BCUT2D eigenvalue weighted by molar-refractivity contribution is -0.156. The molecule has 100 valence electrons. The van der Waals surface area contributed by atoms with E-state index in [1.807, 2.05) is 20.8 Å². The molecule has 0 aromatic rings. The molecule has 0 aliphatic carbocycles. The molecule has 2 aliphatic rings. The van der Waals surface area contributed by atoms with E-state index in [1.54, 1.807) is 6.08 Å². The van der Waals surface area contributed by atoms with E-state index in [1.165, 1.54) is 0 Å². The third-order valence-electron chi connectivity index (χ3n) is 3.35. The lowest BCUT2D eigenvalue weighted by atomic mass is 9.92. The van der Waals surface area contributed by atoms with Crippen molar-refractivity contribution in [3.05, 3.63) is 23.1 Å². The molecule has 0 aromatic heterocycles. The molecule has 2 saturated heterocycles. The van der Waals surface area contributed by atoms with Gasteiger partial charge in [-0.25, -0.2) is 0 Å². The number of hydrogen-bond acceptors (Lipinski definition) is 4. The van der Waals surface area contributed by atoms with Gasteiger partial charge in [0, 0.05) is 4.91 Å². The van der Waals surface area contributed by atoms with Gasteiger partial charge in [-0.2, -0.15) is 0 Å². The van der Waals surface area contributed by atoms with Crippen LogP contribution < -0.4 is 0 Å². The van der Waals surface area contributed by atoms with E-state index in [2.05, 4.69) is 16.6 Å². The van der Waals surface area contributed by atoms with E-state index in [9.17, 15) is 0 Å². The third kappa shape index (κ3) is 2.24. The van der Waals surface area contributed by atoms with Gasteiger partial charge in [0.2, 0.25) is 0 Å². The first-order valence-electron chi connectivity index (χ1n) is 6.20. The van der Waals surface area contributed by atoms with E-state index < -0.39 is 11.8 Å². The number of fused-ring (bicyclic) bond motifs is 1. The van der Waals surface area contributed by atoms with Crippen molar-refractivity contribution >= 4 is 0 Å². The van der Waals surface area contributed by atoms with Gasteiger partial charge >= 0.3 is 0 Å². The van der Waals surface area contributed by atoms with E-state index in [0.717, 1.165) is 6.42 Å². The Morgan fingerprint density at radius 1 is 1.39 bits per heavy atom. The first-order valence-corrected chi connectivity index (χ1v) is 6.20. The number of ether oxygens (including phenoxy) is 3. The normalized spacial score (nSPS) is 41.8. The zero-order valence-electron chi connectivity index (χ0n) is 10.9. The quantitative estimate of drug-likeness (QED) is 0.335. The highest BCUT2D eigenvalue weighted by Crippen LogP contribution is 2.39. The molecule has 2 heterocycles. The van der Waals surface area contributed by atoms with Crippen molar-refractivity contribution in [2.24, 2.45) is 5.11 Å². The molecule has 0 bridgehead atoms. The highest BCUT2D eigenvalue weighted by atomic mass is 16.8. The van der Waals surface area contributed by atoms with Crippen LogP contribution in [0.1, 0.15) is 27.2 Å². The third-order valence-corrected chi connectivity index (χ3v) is 3.35. The van der Waals surface area contributed by atoms with E-state index in [-0.39, 0.29) is 24.4 Å². The Labute approximate surface area is 107 Å². The zero-order valence-corrected chi connectivity index (χ0v) is 10.9. The van der Waals surface area contributed by atoms with Crippen molar-refractivity contribution in [2.45, 2.75) is 63.4 Å². The van der Waals surface area contributed by atoms with Crippen molar-refractivity contribution in [1.29, 1.82) is 0 Å². The monoisotopic (exact) mass is 253 g/mol. The maximum Gasteiger partial charge on any atom is 0.163 e. The largest absolute Gasteiger partial charge is 0.368 e. The molecule has 0 aromatic carbocycles. The summed E-state index contributed by atoms with van der Waals surface area (Å²) in [6.45, 7) is 9.47. The summed E-state index contributed by atoms with van der Waals surface area (Å²) in [4.78, 5) is 2.88. The number of azide groups is 1. The summed E-state index contributed by atoms with van der Waals surface area (Å²) in [5.41, 5.74) is 8.68. The van der Waals surface area contributed by atoms with Gasteiger partial charge in [0.25, 0.3) is 0 Å². The summed E-state index contributed by atoms with van der Waals surface area (Å²) in [6, 6.07) is -0.429. The topological polar surface area (TPSA) is 76.5 Å². The fourth-order valence-electron chi connectivity index (χ4n) is 2.63. The van der Waals surface area contributed by atoms with E-state index >= 15 is 0 Å². The highest BCUT2D eigenvalue weighted by Gasteiger charge is 2.53. The van der Waals surface area contributed by atoms with Gasteiger partial charge in [0.1, 0.15) is 12.2 Å². The predicted molar refractivity (Wildman–Crippen MR) is 65.9 cm³/mol. The Kier molecular flexibility index (Phi) is 3.64. The Morgan fingerprint density at radius 3 is 2.61 bits per heavy atom. The lowest BCUT2D eigenvalue weighted by Gasteiger charge is -2.39. The molecule has 6 heteroatoms. The lowest BCUT2D eigenvalue weighted by Crippen LogP contribution is -2.54. The fraction of sp³-hybridized carbons (Fsp3) is 0.833. The minimum absolute atomic E-state index is 0.0649. The van der Waals surface area contributed by atoms with Crippen LogP contribution in [-0.2, 0) is 14.2 Å². The standard InChI is InChI=1S/C12H19N3O3/c1-5-7-9(14-15-13)11-10(8(6-2)16-7)17-12(3,4)18-11/h5,7-11H,1,6H2,2-4H3/t7?,8-,9-,10+,11-/m1/s1. The molecule has 5 atom stereocenters. The van der Waals surface area contributed by atoms with E-state index in [4.69, 9.17) is 19.7 Å². The number of nitrogens with zero attached hydrogens (tertiary/aromatic N) is 3. The maximum atomic E-state index is 8.68. The van der Waals surface area contributed by atoms with Crippen molar-refractivity contribution in [3.8, 4) is 0 Å². The van der Waals surface area contributed by atoms with Crippen LogP contribution in [0.15, 0.2) is 17.8 Å². The van der Waals surface area contributed by atoms with Gasteiger partial charge < -0.3 is 14.2 Å². The predicted octanol–water partition coefficient (Wildman–Crippen LogP) is 2.55. The van der Waals surface area contributed by atoms with Crippen LogP contribution in [0.3, 0.4) is 0 Å². The Morgan fingerprint density at radius 2 is 2.06 bits per heavy atom. The molecule has 2 fully saturated rings. The molecular weight excluding hydrogens is 234 g/mol. The molecule has 0 radical (unpaired) electrons. The highest BCUT2D eigenvalue weighted by molar-refractivity contribution is 5.06. The van der Waals surface area contributed by atoms with Gasteiger partial charge in [-0.1, -0.05) is 18.1 Å². The Hall–Kier alpha value is -1.07. The van der Waals surface area contributed by atoms with Gasteiger partial charge in [-0.3, -0.25) is 0 Å². The number of hydrogen-bond donors (Lipinski definition) is 0. The van der Waals surface area contributed by atoms with Crippen molar-refractivity contribution in [3.63, 3.8) is 0 Å². The molecule has 2 aliphatic heterocycles. The van der Waals surface area contributed by atoms with Crippen molar-refractivity contribution < 1.29 is 14.2 Å². The van der Waals surface area contributed by atoms with Gasteiger partial charge in [-0.05, 0) is 25.8 Å². The number of rotatable bonds is 3. The maximum absolute atomic E-state index is 8.68. The second-order valence-corrected chi connectivity index (χ2v) is 5.04. The average molecular weight is 253 g/mol. The van der Waals surface area contributed by atoms with Crippen LogP contribution in [0.25, 0.3) is 10.4 Å². The van der Waals surface area contributed by atoms with Gasteiger partial charge in [0.05, 0.1) is 18.2 Å². The summed E-state index contributed by atoms with van der Waals surface area (Å²) in [7, 11) is 0. The Bertz CT molecular complexity index is 379. The average Bonchev–Trinajstić information content (AvgIpc) is 2.65. The summed E-state index contributed by atoms with van der Waals surface area (Å²) in [5.74, 6) is -0.675. The fourth-order valence-corrected chi connectivity index (χ4v) is 2.63. The Balaban J connectivity index is 2.31. The van der Waals surface area contributed by atoms with Crippen LogP contribution in [0, 0.1) is 0 Å². The minimum atomic E-state index is -0.675. The SMILES string of the molecule is C=CC1O[C@H](CC)[C@@H]2OC(C)(C)O[C@@H]2[C@@H]1N=[N+]=[N-]. The molecule has 18 heavy (non-hydrogen) atoms. The summed E-state index contributed by atoms with van der Waals surface area (Å²) < 4.78 is 17.6. The molecule has 2 rings (SSSR count). The smallest absolute Gasteiger partial charge is 0.163 e. The molecule has 1 unspecified atom stereocenters. The van der Waals surface area contributed by atoms with Crippen molar-refractivity contribution in [1.82, 2.24) is 0 Å². The second kappa shape index (κ2) is 4.90. The van der Waals surface area contributed by atoms with Crippen LogP contribution in [0.2, 0.25) is 0 Å². The van der Waals surface area contributed by atoms with Crippen LogP contribution in [0.5, 0.6) is 0 Å². The summed E-state index contributed by atoms with van der Waals surface area (Å²) in [5, 5.41) is 3.79. The van der Waals surface area contributed by atoms with Crippen LogP contribution in [-0.4, -0.2) is 36.2 Å². The van der Waals surface area contributed by atoms with Crippen LogP contribution >= 0.6 is 0 Å². The van der Waals surface area contributed by atoms with Gasteiger partial charge in [0.15, 0.2) is 5.79 Å². The van der Waals surface area contributed by atoms with Gasteiger partial charge in [-0.15, -0.1) is 6.58 Å². The summed E-state index contributed by atoms with van der Waals surface area (Å²) >= 11 is 0. The zero-order chi connectivity index (χ0) is 13.3. The van der Waals surface area contributed by atoms with Crippen molar-refractivity contribution in [2.75, 3.05) is 0 Å². The molecule has 6 nitrogen and oxygen atoms in total. The summed E-state index contributed by atoms with van der Waals surface area (Å²) in [6.07, 6.45) is 1.60. The molecular formula is C12H19N3O3. The van der Waals surface area contributed by atoms with E-state index in [0.29, 0.717) is 0 Å².